The molecule has 0 aromatic heterocycles. The number of carbonyl (C=O) groups excluding carboxylic acids is 2. The number of rotatable bonds is 6. The minimum Gasteiger partial charge on any atom is -0.497 e. The first-order valence-electron chi connectivity index (χ1n) is 10.9. The van der Waals surface area contributed by atoms with Gasteiger partial charge >= 0.3 is 0 Å². The summed E-state index contributed by atoms with van der Waals surface area (Å²) in [5, 5.41) is 0.485. The molecule has 2 aromatic carbocycles. The second-order valence-corrected chi connectivity index (χ2v) is 8.71. The van der Waals surface area contributed by atoms with Crippen molar-refractivity contribution in [2.75, 3.05) is 38.0 Å². The lowest BCUT2D eigenvalue weighted by Gasteiger charge is -2.27. The normalized spacial score (nSPS) is 17.3. The van der Waals surface area contributed by atoms with Gasteiger partial charge in [0, 0.05) is 19.2 Å². The molecule has 0 N–H and O–H groups in total. The molecule has 2 amide bonds. The number of hydrogen-bond acceptors (Lipinski definition) is 6. The molecular formula is C25H27N3O4S. The van der Waals surface area contributed by atoms with Gasteiger partial charge in [0.05, 0.1) is 25.7 Å². The number of piperidine rings is 1. The van der Waals surface area contributed by atoms with Crippen LogP contribution in [0, 0.1) is 0 Å². The molecule has 4 rings (SSSR count). The monoisotopic (exact) mass is 465 g/mol. The minimum absolute atomic E-state index is 0.0769. The molecule has 2 aromatic rings. The molecule has 2 heterocycles. The molecule has 0 spiro atoms. The fraction of sp³-hybridized carbons (Fsp3) is 0.320. The van der Waals surface area contributed by atoms with Crippen molar-refractivity contribution in [2.45, 2.75) is 19.3 Å². The molecule has 0 aliphatic carbocycles. The highest BCUT2D eigenvalue weighted by Crippen LogP contribution is 2.31. The first-order chi connectivity index (χ1) is 16.1. The summed E-state index contributed by atoms with van der Waals surface area (Å²) in [5.41, 5.74) is 1.80. The van der Waals surface area contributed by atoms with E-state index in [0.29, 0.717) is 22.3 Å². The Bertz CT molecular complexity index is 1080. The Balaban J connectivity index is 1.60. The summed E-state index contributed by atoms with van der Waals surface area (Å²) in [6.45, 7) is 1.60. The molecule has 172 valence electrons. The lowest BCUT2D eigenvalue weighted by molar-refractivity contribution is -0.129. The number of nitrogens with zero attached hydrogens (tertiary/aromatic N) is 3. The largest absolute Gasteiger partial charge is 0.497 e. The summed E-state index contributed by atoms with van der Waals surface area (Å²) in [5.74, 6) is 1.45. The van der Waals surface area contributed by atoms with Crippen LogP contribution in [-0.4, -0.2) is 54.9 Å². The van der Waals surface area contributed by atoms with E-state index >= 15 is 0 Å². The third-order valence-electron chi connectivity index (χ3n) is 5.59. The van der Waals surface area contributed by atoms with Gasteiger partial charge in [-0.05, 0) is 55.2 Å². The predicted octanol–water partition coefficient (Wildman–Crippen LogP) is 4.19. The molecule has 0 atom stereocenters. The highest BCUT2D eigenvalue weighted by atomic mass is 32.2. The molecular weight excluding hydrogens is 438 g/mol. The summed E-state index contributed by atoms with van der Waals surface area (Å²) in [6.07, 6.45) is 5.00. The standard InChI is InChI=1S/C25H27N3O4S/c1-31-20-11-9-18(10-12-20)15-22-24(30)28(19-7-6-8-21(16-19)32-2)25(26-22)33-17-23(29)27-13-4-3-5-14-27/h6-12,15-16H,3-5,13-14,17H2,1-2H3. The highest BCUT2D eigenvalue weighted by molar-refractivity contribution is 8.14. The molecule has 1 saturated heterocycles. The fourth-order valence-electron chi connectivity index (χ4n) is 3.79. The van der Waals surface area contributed by atoms with Gasteiger partial charge < -0.3 is 14.4 Å². The molecule has 0 saturated carbocycles. The maximum Gasteiger partial charge on any atom is 0.283 e. The van der Waals surface area contributed by atoms with E-state index in [9.17, 15) is 9.59 Å². The van der Waals surface area contributed by atoms with Crippen molar-refractivity contribution < 1.29 is 19.1 Å². The topological polar surface area (TPSA) is 71.4 Å². The molecule has 1 fully saturated rings. The van der Waals surface area contributed by atoms with Crippen molar-refractivity contribution in [1.82, 2.24) is 4.90 Å². The number of likely N-dealkylation sites (tertiary alicyclic amines) is 1. The Morgan fingerprint density at radius 2 is 1.76 bits per heavy atom. The second kappa shape index (κ2) is 10.6. The fourth-order valence-corrected chi connectivity index (χ4v) is 4.70. The zero-order valence-electron chi connectivity index (χ0n) is 18.8. The van der Waals surface area contributed by atoms with Crippen LogP contribution in [0.15, 0.2) is 59.2 Å². The molecule has 2 aliphatic rings. The number of ether oxygens (including phenoxy) is 2. The number of amides is 2. The summed E-state index contributed by atoms with van der Waals surface area (Å²) in [7, 11) is 3.19. The SMILES string of the molecule is COc1ccc(C=C2N=C(SCC(=O)N3CCCCC3)N(c3cccc(OC)c3)C2=O)cc1. The maximum atomic E-state index is 13.4. The predicted molar refractivity (Wildman–Crippen MR) is 132 cm³/mol. The molecule has 33 heavy (non-hydrogen) atoms. The van der Waals surface area contributed by atoms with Crippen molar-refractivity contribution in [3.63, 3.8) is 0 Å². The van der Waals surface area contributed by atoms with Gasteiger partial charge in [0.2, 0.25) is 5.91 Å². The van der Waals surface area contributed by atoms with Gasteiger partial charge in [0.1, 0.15) is 17.2 Å². The van der Waals surface area contributed by atoms with E-state index in [2.05, 4.69) is 4.99 Å². The molecule has 8 heteroatoms. The van der Waals surface area contributed by atoms with Gasteiger partial charge in [-0.2, -0.15) is 0 Å². The van der Waals surface area contributed by atoms with Crippen molar-refractivity contribution in [1.29, 1.82) is 0 Å². The van der Waals surface area contributed by atoms with E-state index in [1.807, 2.05) is 47.4 Å². The summed E-state index contributed by atoms with van der Waals surface area (Å²) in [4.78, 5) is 34.1. The first kappa shape index (κ1) is 22.9. The molecule has 0 bridgehead atoms. The van der Waals surface area contributed by atoms with Crippen molar-refractivity contribution in [3.05, 3.63) is 59.8 Å². The highest BCUT2D eigenvalue weighted by Gasteiger charge is 2.33. The van der Waals surface area contributed by atoms with Crippen LogP contribution in [-0.2, 0) is 9.59 Å². The zero-order valence-corrected chi connectivity index (χ0v) is 19.6. The van der Waals surface area contributed by atoms with Gasteiger partial charge in [0.15, 0.2) is 5.17 Å². The van der Waals surface area contributed by atoms with Crippen LogP contribution < -0.4 is 14.4 Å². The Kier molecular flexibility index (Phi) is 7.34. The van der Waals surface area contributed by atoms with Gasteiger partial charge in [-0.3, -0.25) is 14.5 Å². The number of thioether (sulfide) groups is 1. The zero-order chi connectivity index (χ0) is 23.2. The van der Waals surface area contributed by atoms with Crippen LogP contribution in [0.1, 0.15) is 24.8 Å². The number of methoxy groups -OCH3 is 2. The van der Waals surface area contributed by atoms with Gasteiger partial charge in [0.25, 0.3) is 5.91 Å². The van der Waals surface area contributed by atoms with E-state index in [-0.39, 0.29) is 17.6 Å². The third-order valence-corrected chi connectivity index (χ3v) is 6.52. The number of aliphatic imine (C=N–C) groups is 1. The Morgan fingerprint density at radius 1 is 1.03 bits per heavy atom. The average molecular weight is 466 g/mol. The Labute approximate surface area is 198 Å². The van der Waals surface area contributed by atoms with Crippen molar-refractivity contribution in [3.8, 4) is 11.5 Å². The lowest BCUT2D eigenvalue weighted by Crippen LogP contribution is -2.38. The molecule has 2 aliphatic heterocycles. The van der Waals surface area contributed by atoms with Crippen molar-refractivity contribution in [2.24, 2.45) is 4.99 Å². The van der Waals surface area contributed by atoms with Crippen LogP contribution in [0.3, 0.4) is 0 Å². The Morgan fingerprint density at radius 3 is 2.45 bits per heavy atom. The van der Waals surface area contributed by atoms with Gasteiger partial charge in [-0.25, -0.2) is 4.99 Å². The van der Waals surface area contributed by atoms with E-state index in [1.165, 1.54) is 18.2 Å². The van der Waals surface area contributed by atoms with Crippen molar-refractivity contribution >= 4 is 40.5 Å². The second-order valence-electron chi connectivity index (χ2n) is 7.77. The Hall–Kier alpha value is -3.26. The number of hydrogen-bond donors (Lipinski definition) is 0. The number of anilines is 1. The van der Waals surface area contributed by atoms with Gasteiger partial charge in [-0.15, -0.1) is 0 Å². The average Bonchev–Trinajstić information content (AvgIpc) is 3.18. The minimum atomic E-state index is -0.244. The quantitative estimate of drug-likeness (QED) is 0.598. The van der Waals surface area contributed by atoms with E-state index in [0.717, 1.165) is 37.2 Å². The van der Waals surface area contributed by atoms with Crippen LogP contribution in [0.2, 0.25) is 0 Å². The summed E-state index contributed by atoms with van der Waals surface area (Å²) in [6, 6.07) is 14.7. The number of benzene rings is 2. The van der Waals surface area contributed by atoms with E-state index in [4.69, 9.17) is 9.47 Å². The van der Waals surface area contributed by atoms with E-state index < -0.39 is 0 Å². The number of carbonyl (C=O) groups is 2. The van der Waals surface area contributed by atoms with E-state index in [1.54, 1.807) is 31.3 Å². The first-order valence-corrected chi connectivity index (χ1v) is 11.9. The summed E-state index contributed by atoms with van der Waals surface area (Å²) < 4.78 is 10.5. The van der Waals surface area contributed by atoms with Crippen LogP contribution in [0.4, 0.5) is 5.69 Å². The van der Waals surface area contributed by atoms with Crippen LogP contribution >= 0.6 is 11.8 Å². The lowest BCUT2D eigenvalue weighted by atomic mass is 10.1. The third kappa shape index (κ3) is 5.39. The summed E-state index contributed by atoms with van der Waals surface area (Å²) >= 11 is 1.29. The van der Waals surface area contributed by atoms with Gasteiger partial charge in [-0.1, -0.05) is 30.0 Å². The van der Waals surface area contributed by atoms with Crippen LogP contribution in [0.5, 0.6) is 11.5 Å². The molecule has 0 unspecified atom stereocenters. The van der Waals surface area contributed by atoms with Crippen LogP contribution in [0.25, 0.3) is 6.08 Å². The molecule has 7 nitrogen and oxygen atoms in total. The molecule has 0 radical (unpaired) electrons. The maximum absolute atomic E-state index is 13.4. The number of amidine groups is 1. The smallest absolute Gasteiger partial charge is 0.283 e.